The number of ether oxygens (including phenoxy) is 2. The van der Waals surface area contributed by atoms with Gasteiger partial charge >= 0.3 is 5.97 Å². The summed E-state index contributed by atoms with van der Waals surface area (Å²) in [6.07, 6.45) is 1.11. The van der Waals surface area contributed by atoms with E-state index in [-0.39, 0.29) is 13.2 Å². The van der Waals surface area contributed by atoms with Crippen molar-refractivity contribution in [3.63, 3.8) is 0 Å². The van der Waals surface area contributed by atoms with Gasteiger partial charge in [0.25, 0.3) is 0 Å². The summed E-state index contributed by atoms with van der Waals surface area (Å²) in [7, 11) is 0. The molecule has 0 atom stereocenters. The predicted molar refractivity (Wildman–Crippen MR) is 75.3 cm³/mol. The average Bonchev–Trinajstić information content (AvgIpc) is 2.51. The summed E-state index contributed by atoms with van der Waals surface area (Å²) in [5.74, 6) is 0.188. The van der Waals surface area contributed by atoms with Crippen LogP contribution in [-0.4, -0.2) is 19.2 Å². The van der Waals surface area contributed by atoms with Crippen LogP contribution in [0.15, 0.2) is 49.1 Å². The van der Waals surface area contributed by atoms with Gasteiger partial charge in [-0.1, -0.05) is 30.8 Å². The summed E-state index contributed by atoms with van der Waals surface area (Å²) in [4.78, 5) is 10.9. The van der Waals surface area contributed by atoms with E-state index in [1.165, 1.54) is 0 Å². The molecule has 4 heteroatoms. The lowest BCUT2D eigenvalue weighted by Gasteiger charge is -2.10. The Morgan fingerprint density at radius 2 is 1.95 bits per heavy atom. The number of esters is 1. The quantitative estimate of drug-likeness (QED) is 0.475. The standard InChI is InChI=1S/C16H13NO3/c1-2-16(18)20-10-9-19-15-8-7-12(11-17)13-5-3-4-6-14(13)15/h2-8H,1,9-10H2. The smallest absolute Gasteiger partial charge is 0.330 e. The van der Waals surface area contributed by atoms with Gasteiger partial charge in [-0.25, -0.2) is 4.79 Å². The van der Waals surface area contributed by atoms with E-state index in [2.05, 4.69) is 12.6 Å². The third-order valence-corrected chi connectivity index (χ3v) is 2.76. The van der Waals surface area contributed by atoms with E-state index in [4.69, 9.17) is 14.7 Å². The molecule has 0 saturated carbocycles. The lowest BCUT2D eigenvalue weighted by atomic mass is 10.0. The Morgan fingerprint density at radius 3 is 2.65 bits per heavy atom. The van der Waals surface area contributed by atoms with E-state index in [0.717, 1.165) is 16.8 Å². The molecule has 2 aromatic rings. The van der Waals surface area contributed by atoms with Crippen LogP contribution in [0.2, 0.25) is 0 Å². The van der Waals surface area contributed by atoms with Crippen molar-refractivity contribution in [2.75, 3.05) is 13.2 Å². The third kappa shape index (κ3) is 2.96. The van der Waals surface area contributed by atoms with Crippen LogP contribution >= 0.6 is 0 Å². The summed E-state index contributed by atoms with van der Waals surface area (Å²) in [5, 5.41) is 10.8. The van der Waals surface area contributed by atoms with Gasteiger partial charge in [0.1, 0.15) is 19.0 Å². The summed E-state index contributed by atoms with van der Waals surface area (Å²) in [5.41, 5.74) is 0.603. The van der Waals surface area contributed by atoms with Crippen LogP contribution in [0.3, 0.4) is 0 Å². The van der Waals surface area contributed by atoms with Crippen LogP contribution in [0.25, 0.3) is 10.8 Å². The molecule has 2 aromatic carbocycles. The Morgan fingerprint density at radius 1 is 1.20 bits per heavy atom. The zero-order valence-corrected chi connectivity index (χ0v) is 10.8. The first-order chi connectivity index (χ1) is 9.76. The van der Waals surface area contributed by atoms with Gasteiger partial charge in [0.2, 0.25) is 0 Å². The Kier molecular flexibility index (Phi) is 4.35. The van der Waals surface area contributed by atoms with Crippen molar-refractivity contribution in [2.24, 2.45) is 0 Å². The molecule has 0 bridgehead atoms. The third-order valence-electron chi connectivity index (χ3n) is 2.76. The van der Waals surface area contributed by atoms with Crippen molar-refractivity contribution in [3.8, 4) is 11.8 Å². The van der Waals surface area contributed by atoms with Gasteiger partial charge in [0.15, 0.2) is 0 Å². The van der Waals surface area contributed by atoms with Crippen LogP contribution < -0.4 is 4.74 Å². The molecule has 0 aliphatic rings. The first-order valence-electron chi connectivity index (χ1n) is 6.10. The molecule has 0 fully saturated rings. The average molecular weight is 267 g/mol. The zero-order valence-electron chi connectivity index (χ0n) is 10.8. The fraction of sp³-hybridized carbons (Fsp3) is 0.125. The molecule has 4 nitrogen and oxygen atoms in total. The molecule has 0 aromatic heterocycles. The number of carbonyl (C=O) groups excluding carboxylic acids is 1. The van der Waals surface area contributed by atoms with Crippen LogP contribution in [0.4, 0.5) is 0 Å². The Hall–Kier alpha value is -2.80. The Labute approximate surface area is 116 Å². The number of fused-ring (bicyclic) bond motifs is 1. The highest BCUT2D eigenvalue weighted by Crippen LogP contribution is 2.28. The number of nitrogens with zero attached hydrogens (tertiary/aromatic N) is 1. The maximum atomic E-state index is 10.9. The summed E-state index contributed by atoms with van der Waals surface area (Å²) in [6, 6.07) is 13.1. The minimum atomic E-state index is -0.474. The molecular formula is C16H13NO3. The number of benzene rings is 2. The summed E-state index contributed by atoms with van der Waals surface area (Å²) in [6.45, 7) is 3.71. The Bertz CT molecular complexity index is 686. The van der Waals surface area contributed by atoms with E-state index in [1.807, 2.05) is 24.3 Å². The van der Waals surface area contributed by atoms with Crippen molar-refractivity contribution in [1.82, 2.24) is 0 Å². The molecule has 0 spiro atoms. The molecule has 0 amide bonds. The molecule has 0 unspecified atom stereocenters. The molecule has 20 heavy (non-hydrogen) atoms. The highest BCUT2D eigenvalue weighted by Gasteiger charge is 2.06. The fourth-order valence-corrected chi connectivity index (χ4v) is 1.85. The van der Waals surface area contributed by atoms with Crippen molar-refractivity contribution >= 4 is 16.7 Å². The van der Waals surface area contributed by atoms with E-state index >= 15 is 0 Å². The van der Waals surface area contributed by atoms with Gasteiger partial charge in [0.05, 0.1) is 11.6 Å². The van der Waals surface area contributed by atoms with Gasteiger partial charge in [0, 0.05) is 16.8 Å². The van der Waals surface area contributed by atoms with Gasteiger partial charge in [-0.15, -0.1) is 0 Å². The Balaban J connectivity index is 2.13. The molecule has 0 N–H and O–H groups in total. The molecule has 0 heterocycles. The second-order valence-electron chi connectivity index (χ2n) is 3.99. The van der Waals surface area contributed by atoms with Crippen molar-refractivity contribution in [1.29, 1.82) is 5.26 Å². The zero-order chi connectivity index (χ0) is 14.4. The number of carbonyl (C=O) groups is 1. The van der Waals surface area contributed by atoms with Crippen LogP contribution in [0.1, 0.15) is 5.56 Å². The number of rotatable bonds is 5. The monoisotopic (exact) mass is 267 g/mol. The topological polar surface area (TPSA) is 59.3 Å². The van der Waals surface area contributed by atoms with Crippen molar-refractivity contribution in [2.45, 2.75) is 0 Å². The first-order valence-corrected chi connectivity index (χ1v) is 6.10. The van der Waals surface area contributed by atoms with Gasteiger partial charge in [-0.05, 0) is 12.1 Å². The normalized spacial score (nSPS) is 9.75. The fourth-order valence-electron chi connectivity index (χ4n) is 1.85. The molecule has 0 radical (unpaired) electrons. The highest BCUT2D eigenvalue weighted by atomic mass is 16.6. The molecule has 0 aliphatic carbocycles. The van der Waals surface area contributed by atoms with Crippen LogP contribution in [0, 0.1) is 11.3 Å². The molecule has 0 aliphatic heterocycles. The van der Waals surface area contributed by atoms with Gasteiger partial charge < -0.3 is 9.47 Å². The van der Waals surface area contributed by atoms with Gasteiger partial charge in [-0.2, -0.15) is 5.26 Å². The number of nitriles is 1. The molecule has 2 rings (SSSR count). The summed E-state index contributed by atoms with van der Waals surface area (Å²) >= 11 is 0. The predicted octanol–water partition coefficient (Wildman–Crippen LogP) is 2.82. The van der Waals surface area contributed by atoms with Gasteiger partial charge in [-0.3, -0.25) is 0 Å². The minimum absolute atomic E-state index is 0.152. The number of hydrogen-bond acceptors (Lipinski definition) is 4. The second kappa shape index (κ2) is 6.39. The van der Waals surface area contributed by atoms with Crippen molar-refractivity contribution in [3.05, 3.63) is 54.6 Å². The largest absolute Gasteiger partial charge is 0.489 e. The maximum Gasteiger partial charge on any atom is 0.330 e. The van der Waals surface area contributed by atoms with E-state index in [0.29, 0.717) is 11.3 Å². The van der Waals surface area contributed by atoms with Crippen LogP contribution in [-0.2, 0) is 9.53 Å². The maximum absolute atomic E-state index is 10.9. The first kappa shape index (κ1) is 13.6. The molecule has 0 saturated heterocycles. The highest BCUT2D eigenvalue weighted by molar-refractivity contribution is 5.92. The lowest BCUT2D eigenvalue weighted by Crippen LogP contribution is -2.10. The van der Waals surface area contributed by atoms with Crippen molar-refractivity contribution < 1.29 is 14.3 Å². The second-order valence-corrected chi connectivity index (χ2v) is 3.99. The van der Waals surface area contributed by atoms with E-state index < -0.39 is 5.97 Å². The molecule has 100 valence electrons. The van der Waals surface area contributed by atoms with E-state index in [9.17, 15) is 4.79 Å². The minimum Gasteiger partial charge on any atom is -0.489 e. The lowest BCUT2D eigenvalue weighted by molar-refractivity contribution is -0.138. The summed E-state index contributed by atoms with van der Waals surface area (Å²) < 4.78 is 10.4. The van der Waals surface area contributed by atoms with E-state index in [1.54, 1.807) is 12.1 Å². The van der Waals surface area contributed by atoms with Crippen LogP contribution in [0.5, 0.6) is 5.75 Å². The SMILES string of the molecule is C=CC(=O)OCCOc1ccc(C#N)c2ccccc12. The number of hydrogen-bond donors (Lipinski definition) is 0. The molecular weight excluding hydrogens is 254 g/mol.